The zero-order valence-electron chi connectivity index (χ0n) is 11.4. The normalized spacial score (nSPS) is 20.6. The molecular weight excluding hydrogens is 244 g/mol. The Kier molecular flexibility index (Phi) is 4.24. The van der Waals surface area contributed by atoms with Gasteiger partial charge in [0.15, 0.2) is 0 Å². The summed E-state index contributed by atoms with van der Waals surface area (Å²) in [4.78, 5) is 25.5. The van der Waals surface area contributed by atoms with Gasteiger partial charge in [-0.05, 0) is 25.5 Å². The Bertz CT molecular complexity index is 442. The summed E-state index contributed by atoms with van der Waals surface area (Å²) < 4.78 is 5.23. The topological polar surface area (TPSA) is 62.6 Å². The number of furan rings is 1. The molecule has 0 aliphatic carbocycles. The van der Waals surface area contributed by atoms with Gasteiger partial charge in [0, 0.05) is 19.0 Å². The zero-order chi connectivity index (χ0) is 13.8. The van der Waals surface area contributed by atoms with Gasteiger partial charge >= 0.3 is 0 Å². The molecule has 2 amide bonds. The van der Waals surface area contributed by atoms with Crippen LogP contribution >= 0.6 is 0 Å². The van der Waals surface area contributed by atoms with E-state index in [0.29, 0.717) is 19.5 Å². The quantitative estimate of drug-likeness (QED) is 0.877. The molecule has 1 N–H and O–H groups in total. The first-order chi connectivity index (χ1) is 9.10. The van der Waals surface area contributed by atoms with Gasteiger partial charge in [0.05, 0.1) is 18.7 Å². The molecule has 0 spiro atoms. The van der Waals surface area contributed by atoms with E-state index < -0.39 is 0 Å². The van der Waals surface area contributed by atoms with Crippen LogP contribution in [0.1, 0.15) is 32.4 Å². The highest BCUT2D eigenvalue weighted by atomic mass is 16.3. The lowest BCUT2D eigenvalue weighted by atomic mass is 10.1. The predicted octanol–water partition coefficient (Wildman–Crippen LogP) is 1.54. The molecule has 1 fully saturated rings. The van der Waals surface area contributed by atoms with Gasteiger partial charge in [-0.25, -0.2) is 0 Å². The van der Waals surface area contributed by atoms with Crippen molar-refractivity contribution in [1.29, 1.82) is 0 Å². The molecule has 5 heteroatoms. The Morgan fingerprint density at radius 1 is 1.63 bits per heavy atom. The Hall–Kier alpha value is -1.78. The van der Waals surface area contributed by atoms with Gasteiger partial charge in [-0.1, -0.05) is 6.92 Å². The monoisotopic (exact) mass is 264 g/mol. The summed E-state index contributed by atoms with van der Waals surface area (Å²) in [5.74, 6) is 0.498. The van der Waals surface area contributed by atoms with E-state index in [0.717, 1.165) is 12.2 Å². The molecule has 1 aliphatic rings. The average Bonchev–Trinajstić information content (AvgIpc) is 3.00. The van der Waals surface area contributed by atoms with E-state index in [4.69, 9.17) is 4.42 Å². The molecule has 0 aromatic carbocycles. The molecule has 1 saturated heterocycles. The highest BCUT2D eigenvalue weighted by Crippen LogP contribution is 2.20. The van der Waals surface area contributed by atoms with Crippen molar-refractivity contribution >= 4 is 11.8 Å². The fourth-order valence-electron chi connectivity index (χ4n) is 2.15. The van der Waals surface area contributed by atoms with Crippen molar-refractivity contribution in [3.8, 4) is 0 Å². The molecule has 1 aliphatic heterocycles. The molecule has 2 rings (SSSR count). The molecular formula is C14H20N2O3. The van der Waals surface area contributed by atoms with E-state index in [9.17, 15) is 9.59 Å². The Morgan fingerprint density at radius 2 is 2.42 bits per heavy atom. The van der Waals surface area contributed by atoms with Crippen LogP contribution in [-0.2, 0) is 16.1 Å². The van der Waals surface area contributed by atoms with Crippen molar-refractivity contribution in [2.75, 3.05) is 6.54 Å². The molecule has 5 nitrogen and oxygen atoms in total. The second-order valence-corrected chi connectivity index (χ2v) is 5.07. The van der Waals surface area contributed by atoms with Crippen LogP contribution in [0.5, 0.6) is 0 Å². The summed E-state index contributed by atoms with van der Waals surface area (Å²) in [7, 11) is 0. The summed E-state index contributed by atoms with van der Waals surface area (Å²) in [6.45, 7) is 4.91. The Balaban J connectivity index is 1.90. The standard InChI is InChI=1S/C14H20N2O3/c1-3-10(2)15-14(18)11-7-13(17)16(8-11)9-12-5-4-6-19-12/h4-6,10-11H,3,7-9H2,1-2H3,(H,15,18). The van der Waals surface area contributed by atoms with E-state index in [2.05, 4.69) is 5.32 Å². The van der Waals surface area contributed by atoms with Crippen molar-refractivity contribution < 1.29 is 14.0 Å². The summed E-state index contributed by atoms with van der Waals surface area (Å²) >= 11 is 0. The van der Waals surface area contributed by atoms with Crippen LogP contribution in [0.15, 0.2) is 22.8 Å². The Morgan fingerprint density at radius 3 is 3.05 bits per heavy atom. The number of carbonyl (C=O) groups excluding carboxylic acids is 2. The van der Waals surface area contributed by atoms with Crippen molar-refractivity contribution in [2.45, 2.75) is 39.3 Å². The zero-order valence-corrected chi connectivity index (χ0v) is 11.4. The average molecular weight is 264 g/mol. The van der Waals surface area contributed by atoms with Crippen molar-refractivity contribution in [2.24, 2.45) is 5.92 Å². The largest absolute Gasteiger partial charge is 0.467 e. The molecule has 2 unspecified atom stereocenters. The first-order valence-electron chi connectivity index (χ1n) is 6.70. The van der Waals surface area contributed by atoms with Crippen LogP contribution in [0, 0.1) is 5.92 Å². The van der Waals surface area contributed by atoms with Crippen LogP contribution in [0.4, 0.5) is 0 Å². The van der Waals surface area contributed by atoms with Crippen LogP contribution in [0.2, 0.25) is 0 Å². The molecule has 0 saturated carbocycles. The maximum absolute atomic E-state index is 12.0. The first-order valence-corrected chi connectivity index (χ1v) is 6.70. The lowest BCUT2D eigenvalue weighted by Gasteiger charge is -2.17. The molecule has 0 bridgehead atoms. The predicted molar refractivity (Wildman–Crippen MR) is 70.1 cm³/mol. The van der Waals surface area contributed by atoms with Crippen molar-refractivity contribution in [1.82, 2.24) is 10.2 Å². The number of rotatable bonds is 5. The highest BCUT2D eigenvalue weighted by molar-refractivity contribution is 5.89. The lowest BCUT2D eigenvalue weighted by Crippen LogP contribution is -2.38. The molecule has 104 valence electrons. The summed E-state index contributed by atoms with van der Waals surface area (Å²) in [6, 6.07) is 3.78. The van der Waals surface area contributed by atoms with E-state index >= 15 is 0 Å². The van der Waals surface area contributed by atoms with E-state index in [1.807, 2.05) is 19.9 Å². The number of nitrogens with one attached hydrogen (secondary N) is 1. The van der Waals surface area contributed by atoms with Gasteiger partial charge in [0.1, 0.15) is 5.76 Å². The van der Waals surface area contributed by atoms with Gasteiger partial charge in [-0.3, -0.25) is 9.59 Å². The number of hydrogen-bond acceptors (Lipinski definition) is 3. The second-order valence-electron chi connectivity index (χ2n) is 5.07. The molecule has 2 heterocycles. The molecule has 0 radical (unpaired) electrons. The number of hydrogen-bond donors (Lipinski definition) is 1. The number of likely N-dealkylation sites (tertiary alicyclic amines) is 1. The van der Waals surface area contributed by atoms with Gasteiger partial charge in [0.2, 0.25) is 11.8 Å². The maximum Gasteiger partial charge on any atom is 0.225 e. The fourth-order valence-corrected chi connectivity index (χ4v) is 2.15. The van der Waals surface area contributed by atoms with Crippen LogP contribution < -0.4 is 5.32 Å². The second kappa shape index (κ2) is 5.91. The number of amides is 2. The summed E-state index contributed by atoms with van der Waals surface area (Å²) in [6.07, 6.45) is 2.77. The third kappa shape index (κ3) is 3.36. The molecule has 1 aromatic rings. The fraction of sp³-hybridized carbons (Fsp3) is 0.571. The smallest absolute Gasteiger partial charge is 0.225 e. The Labute approximate surface area is 113 Å². The van der Waals surface area contributed by atoms with Gasteiger partial charge < -0.3 is 14.6 Å². The molecule has 19 heavy (non-hydrogen) atoms. The van der Waals surface area contributed by atoms with Crippen molar-refractivity contribution in [3.63, 3.8) is 0 Å². The molecule has 2 atom stereocenters. The number of nitrogens with zero attached hydrogens (tertiary/aromatic N) is 1. The van der Waals surface area contributed by atoms with Crippen LogP contribution in [0.25, 0.3) is 0 Å². The minimum absolute atomic E-state index is 0.0145. The minimum atomic E-state index is -0.239. The van der Waals surface area contributed by atoms with Gasteiger partial charge in [-0.2, -0.15) is 0 Å². The molecule has 1 aromatic heterocycles. The van der Waals surface area contributed by atoms with E-state index in [1.165, 1.54) is 0 Å². The van der Waals surface area contributed by atoms with Gasteiger partial charge in [0.25, 0.3) is 0 Å². The highest BCUT2D eigenvalue weighted by Gasteiger charge is 2.34. The third-order valence-corrected chi connectivity index (χ3v) is 3.51. The third-order valence-electron chi connectivity index (χ3n) is 3.51. The van der Waals surface area contributed by atoms with E-state index in [-0.39, 0.29) is 23.8 Å². The lowest BCUT2D eigenvalue weighted by molar-refractivity contribution is -0.129. The van der Waals surface area contributed by atoms with Crippen LogP contribution in [0.3, 0.4) is 0 Å². The summed E-state index contributed by atoms with van der Waals surface area (Å²) in [5.41, 5.74) is 0. The van der Waals surface area contributed by atoms with Gasteiger partial charge in [-0.15, -0.1) is 0 Å². The summed E-state index contributed by atoms with van der Waals surface area (Å²) in [5, 5.41) is 2.93. The maximum atomic E-state index is 12.0. The van der Waals surface area contributed by atoms with Crippen LogP contribution in [-0.4, -0.2) is 29.3 Å². The minimum Gasteiger partial charge on any atom is -0.467 e. The van der Waals surface area contributed by atoms with E-state index in [1.54, 1.807) is 17.2 Å². The first kappa shape index (κ1) is 13.6. The SMILES string of the molecule is CCC(C)NC(=O)C1CC(=O)N(Cc2ccco2)C1. The number of carbonyl (C=O) groups is 2. The van der Waals surface area contributed by atoms with Crippen molar-refractivity contribution in [3.05, 3.63) is 24.2 Å².